The van der Waals surface area contributed by atoms with Gasteiger partial charge in [-0.15, -0.1) is 13.2 Å². The molecule has 0 aliphatic carbocycles. The van der Waals surface area contributed by atoms with E-state index in [1.807, 2.05) is 143 Å². The van der Waals surface area contributed by atoms with Crippen LogP contribution in [0, 0.1) is 31.3 Å². The summed E-state index contributed by atoms with van der Waals surface area (Å²) in [6.45, 7) is 44.8. The van der Waals surface area contributed by atoms with E-state index in [2.05, 4.69) is 99.1 Å². The number of aryl methyl sites for hydroxylation is 1. The minimum Gasteiger partial charge on any atom is -0.493 e. The van der Waals surface area contributed by atoms with Gasteiger partial charge in [0.2, 0.25) is 0 Å². The molecule has 0 spiro atoms. The van der Waals surface area contributed by atoms with Crippen molar-refractivity contribution in [3.05, 3.63) is 332 Å². The van der Waals surface area contributed by atoms with Gasteiger partial charge in [0.25, 0.3) is 0 Å². The van der Waals surface area contributed by atoms with Gasteiger partial charge in [0, 0.05) is 15.1 Å². The zero-order chi connectivity index (χ0) is 90.4. The van der Waals surface area contributed by atoms with Crippen LogP contribution in [0.4, 0.5) is 52.7 Å². The minimum absolute atomic E-state index is 0.127. The molecule has 10 aromatic rings. The van der Waals surface area contributed by atoms with Crippen LogP contribution in [-0.4, -0.2) is 20.6 Å². The number of rotatable bonds is 13. The number of hydrogen-bond acceptors (Lipinski definition) is 3. The molecular weight excluding hydrogens is 1650 g/mol. The Morgan fingerprint density at radius 3 is 1.08 bits per heavy atom. The molecule has 0 heterocycles. The first kappa shape index (κ1) is 109. The number of methoxy groups -OCH3 is 2. The molecule has 0 saturated heterocycles. The summed E-state index contributed by atoms with van der Waals surface area (Å²) >= 11 is 34.5. The summed E-state index contributed by atoms with van der Waals surface area (Å²) in [6.07, 6.45) is -13.1. The molecule has 0 radical (unpaired) electrons. The van der Waals surface area contributed by atoms with Crippen molar-refractivity contribution in [3.8, 4) is 17.2 Å². The summed E-state index contributed by atoms with van der Waals surface area (Å²) in [5.74, 6) is 4.49. The molecule has 0 aromatic heterocycles. The third kappa shape index (κ3) is 41.7. The van der Waals surface area contributed by atoms with Gasteiger partial charge in [0.15, 0.2) is 11.5 Å². The Kier molecular flexibility index (Phi) is 49.0. The summed E-state index contributed by atoms with van der Waals surface area (Å²) in [6, 6.07) is 57.2. The molecule has 0 N–H and O–H groups in total. The molecule has 0 aliphatic heterocycles. The molecule has 10 aromatic carbocycles. The largest absolute Gasteiger partial charge is 0.573 e. The SMILES string of the molecule is CC(C)c1ccc(C(F)(F)F)cc1.CC(C)c1ccc(Cl)c(Cl)c1.CC(C)c1ccc(Cl)cc1F.CC(C)c1ccc(OC(F)(F)F)cc1.CC(C)c1cccc(C(F)(F)F)c1.CC(C)c1cccc(Cl)c1.CC(C)c1cccc(Cl)c1F.COc1ccc(C(C)C)cc1OC.Cc1c(Cl)cccc1C(C)C.Cc1cc(F)ccc1C(C)C. The Morgan fingerprint density at radius 1 is 0.288 bits per heavy atom. The van der Waals surface area contributed by atoms with E-state index >= 15 is 0 Å². The Balaban J connectivity index is 0.000000656. The van der Waals surface area contributed by atoms with Crippen molar-refractivity contribution in [2.75, 3.05) is 14.2 Å². The highest BCUT2D eigenvalue weighted by Gasteiger charge is 2.32. The van der Waals surface area contributed by atoms with E-state index in [4.69, 9.17) is 79.1 Å². The molecule has 0 atom stereocenters. The summed E-state index contributed by atoms with van der Waals surface area (Å²) in [7, 11) is 3.30. The first-order valence-electron chi connectivity index (χ1n) is 38.7. The molecule has 118 heavy (non-hydrogen) atoms. The van der Waals surface area contributed by atoms with Crippen molar-refractivity contribution >= 4 is 69.6 Å². The van der Waals surface area contributed by atoms with E-state index in [1.54, 1.807) is 68.8 Å². The van der Waals surface area contributed by atoms with Crippen LogP contribution >= 0.6 is 69.6 Å². The van der Waals surface area contributed by atoms with Gasteiger partial charge in [-0.2, -0.15) is 26.3 Å². The number of hydrogen-bond donors (Lipinski definition) is 0. The first-order chi connectivity index (χ1) is 54.7. The van der Waals surface area contributed by atoms with Crippen molar-refractivity contribution in [1.82, 2.24) is 0 Å². The van der Waals surface area contributed by atoms with Gasteiger partial charge in [-0.05, 0) is 243 Å². The molecule has 0 amide bonds. The fourth-order valence-corrected chi connectivity index (χ4v) is 11.6. The van der Waals surface area contributed by atoms with Crippen LogP contribution in [0.15, 0.2) is 206 Å². The van der Waals surface area contributed by atoms with Crippen LogP contribution in [0.1, 0.15) is 276 Å². The maximum atomic E-state index is 13.1. The van der Waals surface area contributed by atoms with E-state index in [9.17, 15) is 52.7 Å². The smallest absolute Gasteiger partial charge is 0.493 e. The third-order valence-electron chi connectivity index (χ3n) is 17.7. The molecule has 0 saturated carbocycles. The van der Waals surface area contributed by atoms with Crippen molar-refractivity contribution in [1.29, 1.82) is 0 Å². The van der Waals surface area contributed by atoms with Gasteiger partial charge in [0.1, 0.15) is 23.2 Å². The van der Waals surface area contributed by atoms with Crippen LogP contribution in [-0.2, 0) is 12.4 Å². The fourth-order valence-electron chi connectivity index (χ4n) is 10.6. The number of alkyl halides is 9. The molecule has 0 aliphatic rings. The summed E-state index contributed by atoms with van der Waals surface area (Å²) in [5.41, 5.74) is 11.5. The van der Waals surface area contributed by atoms with Crippen molar-refractivity contribution in [2.45, 2.75) is 230 Å². The predicted molar refractivity (Wildman–Crippen MR) is 475 cm³/mol. The quantitative estimate of drug-likeness (QED) is 0.108. The topological polar surface area (TPSA) is 27.7 Å². The maximum Gasteiger partial charge on any atom is 0.573 e. The van der Waals surface area contributed by atoms with Crippen LogP contribution in [0.5, 0.6) is 17.2 Å². The average molecular weight is 1770 g/mol. The molecule has 0 bridgehead atoms. The van der Waals surface area contributed by atoms with Crippen LogP contribution in [0.3, 0.4) is 0 Å². The van der Waals surface area contributed by atoms with E-state index in [0.717, 1.165) is 67.6 Å². The predicted octanol–water partition coefficient (Wildman–Crippen LogP) is 36.0. The van der Waals surface area contributed by atoms with Gasteiger partial charge in [-0.25, -0.2) is 13.2 Å². The lowest BCUT2D eigenvalue weighted by atomic mass is 9.98. The van der Waals surface area contributed by atoms with Gasteiger partial charge < -0.3 is 14.2 Å². The van der Waals surface area contributed by atoms with Crippen LogP contribution in [0.2, 0.25) is 30.1 Å². The molecule has 3 nitrogen and oxygen atoms in total. The Hall–Kier alpha value is -7.50. The van der Waals surface area contributed by atoms with Gasteiger partial charge in [-0.1, -0.05) is 311 Å². The standard InChI is InChI=1S/C11H16O2.C10H13Cl.C10H11F3O.2C10H11F3.C10H13F.C9H10Cl2.2C9H10ClF.C9H11Cl/c1-8(2)9-5-6-10(12-3)11(7-9)13-4;1-7(2)9-5-4-6-10(11)8(9)3;1-7(2)8-3-5-9(6-4-8)14-10(11,12)13;1-7(2)8-3-5-9(6-4-8)10(11,12)13;1-7(2)8-4-3-5-9(6-8)10(11,12)13;1-7(2)10-5-4-9(11)6-8(10)3;1-6(2)7-3-4-8(10)9(11)5-7;1-6(2)8-4-3-7(10)5-9(8)11;1-6(2)7-4-3-5-8(10)9(7)11;1-7(2)8-4-3-5-9(10)6-8/h5-8H,1-4H3;4-7H,1-3H3;3-7H,1-2H3;2*3-7H,1-2H3;4-7H,1-3H3;3*3-6H,1-2H3;3-7H,1-2H3. The van der Waals surface area contributed by atoms with Gasteiger partial charge >= 0.3 is 18.7 Å². The zero-order valence-electron chi connectivity index (χ0n) is 71.9. The Labute approximate surface area is 725 Å². The van der Waals surface area contributed by atoms with Crippen LogP contribution < -0.4 is 14.2 Å². The molecule has 0 fully saturated rings. The lowest BCUT2D eigenvalue weighted by Gasteiger charge is -2.11. The monoisotopic (exact) mass is 1770 g/mol. The highest BCUT2D eigenvalue weighted by Crippen LogP contribution is 2.35. The van der Waals surface area contributed by atoms with E-state index in [1.165, 1.54) is 81.9 Å². The lowest BCUT2D eigenvalue weighted by Crippen LogP contribution is -2.17. The highest BCUT2D eigenvalue weighted by atomic mass is 35.5. The molecule has 0 unspecified atom stereocenters. The molecule has 10 rings (SSSR count). The van der Waals surface area contributed by atoms with E-state index < -0.39 is 29.8 Å². The first-order valence-corrected chi connectivity index (χ1v) is 41.0. The van der Waals surface area contributed by atoms with Gasteiger partial charge in [-0.3, -0.25) is 0 Å². The maximum absolute atomic E-state index is 13.1. The normalized spacial score (nSPS) is 11.1. The minimum atomic E-state index is -4.61. The average Bonchev–Trinajstić information content (AvgIpc) is 0.850. The third-order valence-corrected chi connectivity index (χ3v) is 19.6. The fraction of sp³-hybridized carbons (Fsp3) is 0.381. The summed E-state index contributed by atoms with van der Waals surface area (Å²) in [5, 5.41) is 3.61. The lowest BCUT2D eigenvalue weighted by molar-refractivity contribution is -0.274. The molecule has 21 heteroatoms. The van der Waals surface area contributed by atoms with Gasteiger partial charge in [0.05, 0.1) is 40.4 Å². The highest BCUT2D eigenvalue weighted by molar-refractivity contribution is 6.42. The zero-order valence-corrected chi connectivity index (χ0v) is 76.5. The second kappa shape index (κ2) is 53.3. The number of halogens is 18. The molecular formula is C97H116Cl6F12O3. The Bertz CT molecular complexity index is 4420. The van der Waals surface area contributed by atoms with E-state index in [-0.39, 0.29) is 51.9 Å². The van der Waals surface area contributed by atoms with Crippen molar-refractivity contribution in [3.63, 3.8) is 0 Å². The van der Waals surface area contributed by atoms with Crippen LogP contribution in [0.25, 0.3) is 0 Å². The second-order valence-electron chi connectivity index (χ2n) is 30.5. The molecule has 648 valence electrons. The summed E-state index contributed by atoms with van der Waals surface area (Å²) < 4.78 is 161. The number of ether oxygens (including phenoxy) is 3. The van der Waals surface area contributed by atoms with Crippen molar-refractivity contribution in [2.24, 2.45) is 0 Å². The van der Waals surface area contributed by atoms with E-state index in [0.29, 0.717) is 56.1 Å². The Morgan fingerprint density at radius 2 is 0.686 bits per heavy atom. The second-order valence-corrected chi connectivity index (χ2v) is 33.0. The summed E-state index contributed by atoms with van der Waals surface area (Å²) in [4.78, 5) is 0. The number of benzene rings is 10. The van der Waals surface area contributed by atoms with Crippen molar-refractivity contribution < 1.29 is 66.9 Å².